The van der Waals surface area contributed by atoms with E-state index in [1.165, 1.54) is 0 Å². The van der Waals surface area contributed by atoms with Crippen LogP contribution in [-0.4, -0.2) is 42.1 Å². The fourth-order valence-corrected chi connectivity index (χ4v) is 2.69. The molecule has 1 fully saturated rings. The zero-order chi connectivity index (χ0) is 13.1. The predicted molar refractivity (Wildman–Crippen MR) is 76.1 cm³/mol. The number of carbonyl (C=O) groups excluding carboxylic acids is 1. The van der Waals surface area contributed by atoms with Crippen molar-refractivity contribution < 1.29 is 9.53 Å². The van der Waals surface area contributed by atoms with E-state index >= 15 is 0 Å². The van der Waals surface area contributed by atoms with E-state index in [1.54, 1.807) is 22.3 Å². The van der Waals surface area contributed by atoms with Gasteiger partial charge >= 0.3 is 0 Å². The second kappa shape index (κ2) is 5.50. The van der Waals surface area contributed by atoms with Gasteiger partial charge in [0.15, 0.2) is 0 Å². The van der Waals surface area contributed by atoms with Gasteiger partial charge in [0.05, 0.1) is 28.9 Å². The number of aromatic nitrogens is 1. The zero-order valence-corrected chi connectivity index (χ0v) is 11.2. The largest absolute Gasteiger partial charge is 0.378 e. The highest BCUT2D eigenvalue weighted by Crippen LogP contribution is 2.19. The lowest BCUT2D eigenvalue weighted by molar-refractivity contribution is -0.129. The molecule has 0 N–H and O–H groups in total. The summed E-state index contributed by atoms with van der Waals surface area (Å²) in [6, 6.07) is 6.03. The van der Waals surface area contributed by atoms with Gasteiger partial charge in [-0.15, -0.1) is 11.3 Å². The van der Waals surface area contributed by atoms with E-state index in [1.807, 2.05) is 29.8 Å². The summed E-state index contributed by atoms with van der Waals surface area (Å²) < 4.78 is 6.39. The van der Waals surface area contributed by atoms with Gasteiger partial charge in [0, 0.05) is 19.2 Å². The van der Waals surface area contributed by atoms with Crippen LogP contribution in [0, 0.1) is 0 Å². The summed E-state index contributed by atoms with van der Waals surface area (Å²) in [5, 5.41) is 0. The van der Waals surface area contributed by atoms with Crippen LogP contribution < -0.4 is 0 Å². The third kappa shape index (κ3) is 2.83. The van der Waals surface area contributed by atoms with Crippen LogP contribution in [0.5, 0.6) is 0 Å². The minimum Gasteiger partial charge on any atom is -0.378 e. The van der Waals surface area contributed by atoms with Crippen LogP contribution in [-0.2, 0) is 9.53 Å². The smallest absolute Gasteiger partial charge is 0.246 e. The number of fused-ring (bicyclic) bond motifs is 1. The van der Waals surface area contributed by atoms with Crippen molar-refractivity contribution in [1.82, 2.24) is 9.88 Å². The molecule has 2 aromatic rings. The highest BCUT2D eigenvalue weighted by molar-refractivity contribution is 7.16. The Labute approximate surface area is 115 Å². The molecule has 4 nitrogen and oxygen atoms in total. The molecular weight excluding hydrogens is 260 g/mol. The van der Waals surface area contributed by atoms with Crippen LogP contribution in [0.1, 0.15) is 5.56 Å². The Morgan fingerprint density at radius 1 is 1.37 bits per heavy atom. The summed E-state index contributed by atoms with van der Waals surface area (Å²) in [4.78, 5) is 18.0. The standard InChI is InChI=1S/C14H14N2O2S/c17-14(16-5-7-18-8-6-16)4-2-11-1-3-13-12(9-11)15-10-19-13/h1-4,9-10H,5-8H2/b4-2+. The summed E-state index contributed by atoms with van der Waals surface area (Å²) in [6.07, 6.45) is 3.47. The van der Waals surface area contributed by atoms with Crippen molar-refractivity contribution in [2.45, 2.75) is 0 Å². The first-order chi connectivity index (χ1) is 9.33. The van der Waals surface area contributed by atoms with Gasteiger partial charge in [-0.25, -0.2) is 4.98 Å². The number of hydrogen-bond acceptors (Lipinski definition) is 4. The lowest BCUT2D eigenvalue weighted by atomic mass is 10.2. The summed E-state index contributed by atoms with van der Waals surface area (Å²) in [5.41, 5.74) is 3.81. The van der Waals surface area contributed by atoms with Gasteiger partial charge in [-0.1, -0.05) is 6.07 Å². The SMILES string of the molecule is O=C(/C=C/c1ccc2scnc2c1)N1CCOCC1. The molecule has 1 aliphatic heterocycles. The molecule has 0 spiro atoms. The summed E-state index contributed by atoms with van der Waals surface area (Å²) in [6.45, 7) is 2.61. The Balaban J connectivity index is 1.72. The monoisotopic (exact) mass is 274 g/mol. The molecule has 0 aliphatic carbocycles. The van der Waals surface area contributed by atoms with Crippen LogP contribution in [0.2, 0.25) is 0 Å². The first-order valence-corrected chi connectivity index (χ1v) is 7.09. The second-order valence-corrected chi connectivity index (χ2v) is 5.24. The summed E-state index contributed by atoms with van der Waals surface area (Å²) in [7, 11) is 0. The van der Waals surface area contributed by atoms with Crippen LogP contribution in [0.4, 0.5) is 0 Å². The van der Waals surface area contributed by atoms with Gasteiger partial charge in [-0.05, 0) is 23.8 Å². The van der Waals surface area contributed by atoms with Gasteiger partial charge in [0.2, 0.25) is 5.91 Å². The molecule has 0 bridgehead atoms. The van der Waals surface area contributed by atoms with Gasteiger partial charge in [-0.2, -0.15) is 0 Å². The Bertz CT molecular complexity index is 615. The number of morpholine rings is 1. The number of nitrogens with zero attached hydrogens (tertiary/aromatic N) is 2. The molecule has 1 amide bonds. The fourth-order valence-electron chi connectivity index (χ4n) is 2.04. The number of benzene rings is 1. The number of amides is 1. The minimum absolute atomic E-state index is 0.0432. The second-order valence-electron chi connectivity index (χ2n) is 4.35. The minimum atomic E-state index is 0.0432. The number of ether oxygens (including phenoxy) is 1. The van der Waals surface area contributed by atoms with E-state index in [-0.39, 0.29) is 5.91 Å². The molecule has 0 unspecified atom stereocenters. The molecule has 0 saturated carbocycles. The number of rotatable bonds is 2. The van der Waals surface area contributed by atoms with Crippen molar-refractivity contribution in [3.8, 4) is 0 Å². The van der Waals surface area contributed by atoms with E-state index in [0.29, 0.717) is 26.3 Å². The molecule has 2 heterocycles. The maximum Gasteiger partial charge on any atom is 0.246 e. The van der Waals surface area contributed by atoms with Gasteiger partial charge in [-0.3, -0.25) is 4.79 Å². The predicted octanol–water partition coefficient (Wildman–Crippen LogP) is 2.17. The molecule has 1 aliphatic rings. The van der Waals surface area contributed by atoms with Crippen molar-refractivity contribution in [2.75, 3.05) is 26.3 Å². The number of carbonyl (C=O) groups is 1. The zero-order valence-electron chi connectivity index (χ0n) is 10.4. The van der Waals surface area contributed by atoms with Crippen LogP contribution in [0.15, 0.2) is 29.8 Å². The topological polar surface area (TPSA) is 42.4 Å². The quantitative estimate of drug-likeness (QED) is 0.788. The van der Waals surface area contributed by atoms with Crippen LogP contribution >= 0.6 is 11.3 Å². The van der Waals surface area contributed by atoms with E-state index < -0.39 is 0 Å². The maximum atomic E-state index is 12.0. The summed E-state index contributed by atoms with van der Waals surface area (Å²) >= 11 is 1.62. The van der Waals surface area contributed by atoms with Gasteiger partial charge < -0.3 is 9.64 Å². The normalized spacial score (nSPS) is 16.3. The fraction of sp³-hybridized carbons (Fsp3) is 0.286. The molecule has 1 aromatic carbocycles. The highest BCUT2D eigenvalue weighted by Gasteiger charge is 2.13. The van der Waals surface area contributed by atoms with Crippen LogP contribution in [0.25, 0.3) is 16.3 Å². The Hall–Kier alpha value is -1.72. The Morgan fingerprint density at radius 2 is 2.21 bits per heavy atom. The number of thiazole rings is 1. The summed E-state index contributed by atoms with van der Waals surface area (Å²) in [5.74, 6) is 0.0432. The number of hydrogen-bond donors (Lipinski definition) is 0. The first-order valence-electron chi connectivity index (χ1n) is 6.21. The average molecular weight is 274 g/mol. The molecule has 98 valence electrons. The lowest BCUT2D eigenvalue weighted by Crippen LogP contribution is -2.39. The van der Waals surface area contributed by atoms with E-state index in [4.69, 9.17) is 4.74 Å². The molecule has 3 rings (SSSR count). The van der Waals surface area contributed by atoms with Gasteiger partial charge in [0.25, 0.3) is 0 Å². The highest BCUT2D eigenvalue weighted by atomic mass is 32.1. The average Bonchev–Trinajstić information content (AvgIpc) is 2.93. The van der Waals surface area contributed by atoms with Crippen LogP contribution in [0.3, 0.4) is 0 Å². The third-order valence-electron chi connectivity index (χ3n) is 3.10. The molecule has 1 aromatic heterocycles. The Kier molecular flexibility index (Phi) is 3.57. The van der Waals surface area contributed by atoms with Crippen molar-refractivity contribution in [2.24, 2.45) is 0 Å². The molecule has 0 radical (unpaired) electrons. The molecule has 0 atom stereocenters. The van der Waals surface area contributed by atoms with E-state index in [2.05, 4.69) is 4.98 Å². The third-order valence-corrected chi connectivity index (χ3v) is 3.91. The maximum absolute atomic E-state index is 12.0. The van der Waals surface area contributed by atoms with Gasteiger partial charge in [0.1, 0.15) is 0 Å². The van der Waals surface area contributed by atoms with Crippen molar-refractivity contribution in [3.63, 3.8) is 0 Å². The van der Waals surface area contributed by atoms with E-state index in [9.17, 15) is 4.79 Å². The lowest BCUT2D eigenvalue weighted by Gasteiger charge is -2.25. The molecule has 19 heavy (non-hydrogen) atoms. The Morgan fingerprint density at radius 3 is 3.05 bits per heavy atom. The van der Waals surface area contributed by atoms with Crippen molar-refractivity contribution >= 4 is 33.5 Å². The van der Waals surface area contributed by atoms with Crippen molar-refractivity contribution in [1.29, 1.82) is 0 Å². The van der Waals surface area contributed by atoms with Crippen molar-refractivity contribution in [3.05, 3.63) is 35.3 Å². The van der Waals surface area contributed by atoms with E-state index in [0.717, 1.165) is 15.8 Å². The first kappa shape index (κ1) is 12.3. The molecule has 5 heteroatoms. The molecule has 1 saturated heterocycles. The molecular formula is C14H14N2O2S.